The minimum absolute atomic E-state index is 0.117. The Bertz CT molecular complexity index is 624. The number of rotatable bonds is 7. The van der Waals surface area contributed by atoms with Gasteiger partial charge < -0.3 is 15.2 Å². The highest BCUT2D eigenvalue weighted by molar-refractivity contribution is 5.94. The van der Waals surface area contributed by atoms with Crippen LogP contribution in [0.5, 0.6) is 5.88 Å². The highest BCUT2D eigenvalue weighted by Gasteiger charge is 2.41. The van der Waals surface area contributed by atoms with Gasteiger partial charge in [-0.2, -0.15) is 8.78 Å². The van der Waals surface area contributed by atoms with Crippen LogP contribution in [0.25, 0.3) is 0 Å². The predicted octanol–water partition coefficient (Wildman–Crippen LogP) is 2.34. The minimum atomic E-state index is -4.29. The summed E-state index contributed by atoms with van der Waals surface area (Å²) in [5.74, 6) is -6.49. The van der Waals surface area contributed by atoms with E-state index in [-0.39, 0.29) is 17.5 Å². The van der Waals surface area contributed by atoms with E-state index in [9.17, 15) is 27.2 Å². The van der Waals surface area contributed by atoms with Crippen molar-refractivity contribution in [2.75, 3.05) is 6.61 Å². The molecule has 1 aromatic heterocycles. The first-order chi connectivity index (χ1) is 11.7. The van der Waals surface area contributed by atoms with Crippen molar-refractivity contribution in [3.8, 4) is 5.88 Å². The zero-order valence-corrected chi connectivity index (χ0v) is 12.9. The number of aliphatic carboxylic acids is 1. The van der Waals surface area contributed by atoms with Crippen LogP contribution in [0.4, 0.5) is 17.6 Å². The zero-order valence-electron chi connectivity index (χ0n) is 12.9. The van der Waals surface area contributed by atoms with Gasteiger partial charge in [-0.3, -0.25) is 9.59 Å². The second-order valence-electron chi connectivity index (χ2n) is 5.75. The summed E-state index contributed by atoms with van der Waals surface area (Å²) in [5.41, 5.74) is 0.117. The lowest BCUT2D eigenvalue weighted by molar-refractivity contribution is -0.148. The molecule has 0 bridgehead atoms. The first-order valence-corrected chi connectivity index (χ1v) is 7.47. The standard InChI is InChI=1S/C15H16F4N2O4/c16-14(17)15(18,19)7-25-11-4-2-9(6-20-11)12(22)21-10-3-1-8(5-10)13(23)24/h2,4,6,8,10,14H,1,3,5,7H2,(H,21,22)(H,23,24)/t8-,10+/m1/s1. The second kappa shape index (κ2) is 7.66. The number of hydrogen-bond donors (Lipinski definition) is 2. The number of carbonyl (C=O) groups excluding carboxylic acids is 1. The summed E-state index contributed by atoms with van der Waals surface area (Å²) in [4.78, 5) is 26.5. The quantitative estimate of drug-likeness (QED) is 0.725. The summed E-state index contributed by atoms with van der Waals surface area (Å²) in [6, 6.07) is 2.10. The fraction of sp³-hybridized carbons (Fsp3) is 0.533. The molecule has 1 fully saturated rings. The number of carboxylic acid groups (broad SMARTS) is 1. The van der Waals surface area contributed by atoms with Crippen LogP contribution in [-0.2, 0) is 4.79 Å². The van der Waals surface area contributed by atoms with Crippen molar-refractivity contribution in [2.24, 2.45) is 5.92 Å². The zero-order chi connectivity index (χ0) is 18.6. The molecule has 0 saturated heterocycles. The predicted molar refractivity (Wildman–Crippen MR) is 76.9 cm³/mol. The minimum Gasteiger partial charge on any atom is -0.481 e. The van der Waals surface area contributed by atoms with E-state index in [0.717, 1.165) is 12.3 Å². The van der Waals surface area contributed by atoms with Crippen molar-refractivity contribution in [3.63, 3.8) is 0 Å². The van der Waals surface area contributed by atoms with Gasteiger partial charge in [0.1, 0.15) is 0 Å². The lowest BCUT2D eigenvalue weighted by Crippen LogP contribution is -2.34. The fourth-order valence-corrected chi connectivity index (χ4v) is 2.44. The summed E-state index contributed by atoms with van der Waals surface area (Å²) < 4.78 is 54.0. The van der Waals surface area contributed by atoms with Gasteiger partial charge in [0.15, 0.2) is 6.61 Å². The number of ether oxygens (including phenoxy) is 1. The van der Waals surface area contributed by atoms with Crippen molar-refractivity contribution in [3.05, 3.63) is 23.9 Å². The van der Waals surface area contributed by atoms with E-state index in [1.54, 1.807) is 0 Å². The Balaban J connectivity index is 1.87. The molecule has 2 atom stereocenters. The van der Waals surface area contributed by atoms with Crippen LogP contribution < -0.4 is 10.1 Å². The number of aromatic nitrogens is 1. The van der Waals surface area contributed by atoms with E-state index in [2.05, 4.69) is 15.0 Å². The Morgan fingerprint density at radius 1 is 1.36 bits per heavy atom. The maximum Gasteiger partial charge on any atom is 0.340 e. The van der Waals surface area contributed by atoms with Crippen LogP contribution in [-0.4, -0.2) is 47.0 Å². The van der Waals surface area contributed by atoms with Crippen LogP contribution >= 0.6 is 0 Å². The molecule has 0 spiro atoms. The number of halogens is 4. The van der Waals surface area contributed by atoms with E-state index in [1.165, 1.54) is 6.07 Å². The number of carbonyl (C=O) groups is 2. The molecule has 10 heteroatoms. The molecule has 1 aliphatic carbocycles. The summed E-state index contributed by atoms with van der Waals surface area (Å²) in [5, 5.41) is 11.6. The van der Waals surface area contributed by atoms with Gasteiger partial charge in [-0.05, 0) is 25.3 Å². The smallest absolute Gasteiger partial charge is 0.340 e. The van der Waals surface area contributed by atoms with Crippen molar-refractivity contribution < 1.29 is 37.0 Å². The van der Waals surface area contributed by atoms with E-state index >= 15 is 0 Å². The summed E-state index contributed by atoms with van der Waals surface area (Å²) in [7, 11) is 0. The molecule has 1 aliphatic rings. The Kier molecular flexibility index (Phi) is 5.81. The number of carboxylic acids is 1. The molecule has 2 rings (SSSR count). The third-order valence-corrected chi connectivity index (χ3v) is 3.85. The van der Waals surface area contributed by atoms with Crippen LogP contribution in [0.3, 0.4) is 0 Å². The average molecular weight is 364 g/mol. The molecule has 0 aromatic carbocycles. The van der Waals surface area contributed by atoms with Gasteiger partial charge in [-0.1, -0.05) is 0 Å². The molecule has 0 radical (unpaired) electrons. The number of nitrogens with zero attached hydrogens (tertiary/aromatic N) is 1. The normalized spacial score (nSPS) is 20.5. The van der Waals surface area contributed by atoms with Crippen LogP contribution in [0, 0.1) is 5.92 Å². The van der Waals surface area contributed by atoms with Gasteiger partial charge in [-0.15, -0.1) is 0 Å². The Morgan fingerprint density at radius 2 is 2.08 bits per heavy atom. The number of amides is 1. The molecule has 6 nitrogen and oxygen atoms in total. The number of hydrogen-bond acceptors (Lipinski definition) is 4. The Morgan fingerprint density at radius 3 is 2.60 bits per heavy atom. The largest absolute Gasteiger partial charge is 0.481 e. The number of alkyl halides is 4. The molecule has 138 valence electrons. The molecule has 1 aromatic rings. The van der Waals surface area contributed by atoms with Crippen LogP contribution in [0.1, 0.15) is 29.6 Å². The van der Waals surface area contributed by atoms with Crippen LogP contribution in [0.15, 0.2) is 18.3 Å². The first kappa shape index (κ1) is 18.9. The molecule has 1 saturated carbocycles. The molecule has 1 amide bonds. The Hall–Kier alpha value is -2.39. The van der Waals surface area contributed by atoms with E-state index in [4.69, 9.17) is 5.11 Å². The van der Waals surface area contributed by atoms with E-state index in [0.29, 0.717) is 19.3 Å². The summed E-state index contributed by atoms with van der Waals surface area (Å²) >= 11 is 0. The van der Waals surface area contributed by atoms with Gasteiger partial charge >= 0.3 is 18.3 Å². The van der Waals surface area contributed by atoms with Gasteiger partial charge in [0.25, 0.3) is 5.91 Å². The summed E-state index contributed by atoms with van der Waals surface area (Å²) in [6.07, 6.45) is -1.43. The molecule has 0 unspecified atom stereocenters. The number of pyridine rings is 1. The topological polar surface area (TPSA) is 88.5 Å². The van der Waals surface area contributed by atoms with Crippen molar-refractivity contribution in [2.45, 2.75) is 37.7 Å². The van der Waals surface area contributed by atoms with Crippen molar-refractivity contribution in [1.82, 2.24) is 10.3 Å². The number of nitrogens with one attached hydrogen (secondary N) is 1. The Labute approximate surface area is 140 Å². The second-order valence-corrected chi connectivity index (χ2v) is 5.75. The van der Waals surface area contributed by atoms with Gasteiger partial charge in [-0.25, -0.2) is 13.8 Å². The van der Waals surface area contributed by atoms with E-state index in [1.807, 2.05) is 0 Å². The van der Waals surface area contributed by atoms with Gasteiger partial charge in [0.2, 0.25) is 5.88 Å². The third kappa shape index (κ3) is 5.04. The molecular weight excluding hydrogens is 348 g/mol. The van der Waals surface area contributed by atoms with Gasteiger partial charge in [0, 0.05) is 18.3 Å². The van der Waals surface area contributed by atoms with Crippen molar-refractivity contribution >= 4 is 11.9 Å². The average Bonchev–Trinajstić information content (AvgIpc) is 3.02. The fourth-order valence-electron chi connectivity index (χ4n) is 2.44. The maximum atomic E-state index is 12.7. The maximum absolute atomic E-state index is 12.7. The van der Waals surface area contributed by atoms with Gasteiger partial charge in [0.05, 0.1) is 11.5 Å². The monoisotopic (exact) mass is 364 g/mol. The molecule has 0 aliphatic heterocycles. The SMILES string of the molecule is O=C(N[C@H]1CC[C@@H](C(=O)O)C1)c1ccc(OCC(F)(F)C(F)F)nc1. The molecule has 1 heterocycles. The molecular formula is C15H16F4N2O4. The van der Waals surface area contributed by atoms with Crippen LogP contribution in [0.2, 0.25) is 0 Å². The molecule has 25 heavy (non-hydrogen) atoms. The third-order valence-electron chi connectivity index (χ3n) is 3.85. The highest BCUT2D eigenvalue weighted by Crippen LogP contribution is 2.26. The molecule has 2 N–H and O–H groups in total. The van der Waals surface area contributed by atoms with Crippen molar-refractivity contribution in [1.29, 1.82) is 0 Å². The summed E-state index contributed by atoms with van der Waals surface area (Å²) in [6.45, 7) is -1.53. The first-order valence-electron chi connectivity index (χ1n) is 7.47. The van der Waals surface area contributed by atoms with E-state index < -0.39 is 36.7 Å². The lowest BCUT2D eigenvalue weighted by Gasteiger charge is -2.15. The lowest BCUT2D eigenvalue weighted by atomic mass is 10.1. The highest BCUT2D eigenvalue weighted by atomic mass is 19.3.